The maximum atomic E-state index is 13.6. The van der Waals surface area contributed by atoms with Crippen LogP contribution in [0.15, 0.2) is 36.4 Å². The topological polar surface area (TPSA) is 87.9 Å². The summed E-state index contributed by atoms with van der Waals surface area (Å²) in [6, 6.07) is 7.91. The minimum Gasteiger partial charge on any atom is -0.434 e. The zero-order chi connectivity index (χ0) is 30.1. The third-order valence-corrected chi connectivity index (χ3v) is 7.57. The van der Waals surface area contributed by atoms with Crippen LogP contribution < -0.4 is 4.74 Å². The van der Waals surface area contributed by atoms with Gasteiger partial charge >= 0.3 is 6.61 Å². The highest BCUT2D eigenvalue weighted by Crippen LogP contribution is 2.50. The Morgan fingerprint density at radius 2 is 2.10 bits per heavy atom. The maximum absolute atomic E-state index is 13.6. The van der Waals surface area contributed by atoms with Crippen LogP contribution in [0.25, 0.3) is 11.0 Å². The van der Waals surface area contributed by atoms with E-state index in [1.54, 1.807) is 21.6 Å². The number of ether oxygens (including phenoxy) is 1. The van der Waals surface area contributed by atoms with Gasteiger partial charge in [-0.25, -0.2) is 4.98 Å². The van der Waals surface area contributed by atoms with Crippen LogP contribution in [0.1, 0.15) is 70.2 Å². The lowest BCUT2D eigenvalue weighted by molar-refractivity contribution is -0.146. The van der Waals surface area contributed by atoms with Crippen molar-refractivity contribution in [3.8, 4) is 17.6 Å². The zero-order valence-electron chi connectivity index (χ0n) is 24.3. The second-order valence-electron chi connectivity index (χ2n) is 10.6. The fourth-order valence-corrected chi connectivity index (χ4v) is 5.82. The molecule has 39 heavy (non-hydrogen) atoms. The van der Waals surface area contributed by atoms with Crippen molar-refractivity contribution in [2.75, 3.05) is 20.1 Å². The number of aromatic nitrogens is 2. The van der Waals surface area contributed by atoms with Crippen LogP contribution in [0, 0.1) is 17.8 Å². The van der Waals surface area contributed by atoms with E-state index in [1.807, 2.05) is 6.07 Å². The number of likely N-dealkylation sites (tertiary alicyclic amines) is 1. The number of imidazole rings is 1. The first-order valence-corrected chi connectivity index (χ1v) is 12.7. The van der Waals surface area contributed by atoms with Crippen LogP contribution in [-0.4, -0.2) is 68.5 Å². The van der Waals surface area contributed by atoms with E-state index in [4.69, 9.17) is 8.85 Å². The van der Waals surface area contributed by atoms with Crippen molar-refractivity contribution in [3.05, 3.63) is 58.9 Å². The molecular formula is C29H28F2N4O4. The van der Waals surface area contributed by atoms with E-state index in [9.17, 15) is 23.5 Å². The van der Waals surface area contributed by atoms with Gasteiger partial charge in [0.15, 0.2) is 0 Å². The van der Waals surface area contributed by atoms with Crippen LogP contribution in [0.4, 0.5) is 8.78 Å². The number of hydrogen-bond donors (Lipinski definition) is 1. The van der Waals surface area contributed by atoms with E-state index in [0.717, 1.165) is 4.90 Å². The minimum atomic E-state index is -3.14. The summed E-state index contributed by atoms with van der Waals surface area (Å²) in [4.78, 5) is 33.1. The number of amides is 2. The normalized spacial score (nSPS) is 23.5. The predicted molar refractivity (Wildman–Crippen MR) is 138 cm³/mol. The Morgan fingerprint density at radius 1 is 1.28 bits per heavy atom. The van der Waals surface area contributed by atoms with Crippen LogP contribution >= 0.6 is 0 Å². The number of rotatable bonds is 3. The summed E-state index contributed by atoms with van der Waals surface area (Å²) in [5.41, 5.74) is 0.542. The molecule has 0 aliphatic carbocycles. The van der Waals surface area contributed by atoms with Gasteiger partial charge in [0.1, 0.15) is 17.2 Å². The van der Waals surface area contributed by atoms with E-state index >= 15 is 0 Å². The molecule has 1 fully saturated rings. The average Bonchev–Trinajstić information content (AvgIpc) is 3.58. The summed E-state index contributed by atoms with van der Waals surface area (Å²) < 4.78 is 57.8. The van der Waals surface area contributed by atoms with Gasteiger partial charge in [-0.1, -0.05) is 17.9 Å². The second kappa shape index (κ2) is 9.06. The Bertz CT molecular complexity index is 1670. The van der Waals surface area contributed by atoms with E-state index in [2.05, 4.69) is 16.8 Å². The van der Waals surface area contributed by atoms with Gasteiger partial charge in [0.25, 0.3) is 11.8 Å². The van der Waals surface area contributed by atoms with Crippen molar-refractivity contribution in [2.45, 2.75) is 51.0 Å². The number of carbonyl (C=O) groups is 2. The highest BCUT2D eigenvalue weighted by molar-refractivity contribution is 5.98. The Balaban J connectivity index is 1.42. The monoisotopic (exact) mass is 537 g/mol. The van der Waals surface area contributed by atoms with Crippen molar-refractivity contribution in [1.82, 2.24) is 19.4 Å². The quantitative estimate of drug-likeness (QED) is 0.515. The first-order chi connectivity index (χ1) is 19.7. The Hall–Kier alpha value is -3.97. The van der Waals surface area contributed by atoms with Crippen LogP contribution in [0.2, 0.25) is 0 Å². The van der Waals surface area contributed by atoms with E-state index < -0.39 is 37.2 Å². The van der Waals surface area contributed by atoms with Crippen molar-refractivity contribution in [1.29, 1.82) is 0 Å². The van der Waals surface area contributed by atoms with E-state index in [1.165, 1.54) is 32.0 Å². The number of hydrogen-bond acceptors (Lipinski definition) is 5. The lowest BCUT2D eigenvalue weighted by Gasteiger charge is -2.24. The number of aliphatic hydroxyl groups is 1. The van der Waals surface area contributed by atoms with Gasteiger partial charge in [-0.2, -0.15) is 8.78 Å². The molecule has 1 unspecified atom stereocenters. The molecule has 10 heteroatoms. The van der Waals surface area contributed by atoms with Gasteiger partial charge < -0.3 is 24.2 Å². The molecule has 202 valence electrons. The predicted octanol–water partition coefficient (Wildman–Crippen LogP) is 3.73. The fraction of sp³-hybridized carbons (Fsp3) is 0.414. The van der Waals surface area contributed by atoms with Gasteiger partial charge in [0, 0.05) is 53.2 Å². The number of nitrogens with zero attached hydrogens (tertiary/aromatic N) is 4. The number of alkyl halides is 2. The summed E-state index contributed by atoms with van der Waals surface area (Å²) in [7, 11) is 0. The Labute approximate surface area is 228 Å². The van der Waals surface area contributed by atoms with Crippen LogP contribution in [0.3, 0.4) is 0 Å². The lowest BCUT2D eigenvalue weighted by Crippen LogP contribution is -2.44. The van der Waals surface area contributed by atoms with Crippen molar-refractivity contribution in [3.63, 3.8) is 0 Å². The first-order valence-electron chi connectivity index (χ1n) is 14.2. The molecule has 0 saturated carbocycles. The zero-order valence-corrected chi connectivity index (χ0v) is 21.3. The average molecular weight is 538 g/mol. The largest absolute Gasteiger partial charge is 0.434 e. The number of fused-ring (bicyclic) bond motifs is 9. The fourth-order valence-electron chi connectivity index (χ4n) is 5.82. The summed E-state index contributed by atoms with van der Waals surface area (Å²) in [6.07, 6.45) is 0.799. The standard InChI is InChI=1S/C29H28F2N4O4/c1-29(2,38)27(37)34-12-11-17(15-34)8-7-16-9-10-19-20(13-16)35-21-14-22(25(35)32-19)33(3)26(36)18-5-4-6-23(24(18)21)39-28(30)31/h4-6,9-10,13,17,21-22,28,38H,11-12,14-15H2,1-3H3/t17?,21-,22-/m1/s1/i3D3. The molecule has 8 nitrogen and oxygen atoms in total. The van der Waals surface area contributed by atoms with Crippen molar-refractivity contribution >= 4 is 22.8 Å². The van der Waals surface area contributed by atoms with Gasteiger partial charge in [0.05, 0.1) is 23.1 Å². The molecular weight excluding hydrogens is 506 g/mol. The molecule has 2 aromatic carbocycles. The molecule has 3 aliphatic rings. The molecule has 1 N–H and O–H groups in total. The summed E-state index contributed by atoms with van der Waals surface area (Å²) in [6.45, 7) is -2.12. The highest BCUT2D eigenvalue weighted by atomic mass is 19.3. The molecule has 3 aliphatic heterocycles. The number of halogens is 2. The SMILES string of the molecule is [2H]C([2H])([2H])N1C(=O)c2cccc(OC(F)F)c2[C@H]2C[C@@H]1c1nc3ccc(C#CC4CCN(C(=O)C(C)(C)O)C4)cc3n12. The van der Waals surface area contributed by atoms with Gasteiger partial charge in [0.2, 0.25) is 0 Å². The van der Waals surface area contributed by atoms with E-state index in [-0.39, 0.29) is 35.1 Å². The third-order valence-electron chi connectivity index (χ3n) is 7.57. The molecule has 2 amide bonds. The van der Waals surface area contributed by atoms with E-state index in [0.29, 0.717) is 41.9 Å². The molecule has 0 radical (unpaired) electrons. The summed E-state index contributed by atoms with van der Waals surface area (Å²) in [5, 5.41) is 10.0. The molecule has 1 aromatic heterocycles. The second-order valence-corrected chi connectivity index (χ2v) is 10.6. The summed E-state index contributed by atoms with van der Waals surface area (Å²) >= 11 is 0. The molecule has 2 bridgehead atoms. The Kier molecular flexibility index (Phi) is 5.09. The minimum absolute atomic E-state index is 0.00777. The number of carbonyl (C=O) groups excluding carboxylic acids is 2. The van der Waals surface area contributed by atoms with Crippen molar-refractivity contribution < 1.29 is 32.3 Å². The Morgan fingerprint density at radius 3 is 2.85 bits per heavy atom. The highest BCUT2D eigenvalue weighted by Gasteiger charge is 2.45. The smallest absolute Gasteiger partial charge is 0.387 e. The van der Waals surface area contributed by atoms with Crippen molar-refractivity contribution in [2.24, 2.45) is 5.92 Å². The van der Waals surface area contributed by atoms with Gasteiger partial charge in [-0.15, -0.1) is 0 Å². The first kappa shape index (κ1) is 21.9. The van der Waals surface area contributed by atoms with Gasteiger partial charge in [-0.05, 0) is 50.6 Å². The molecule has 0 spiro atoms. The van der Waals surface area contributed by atoms with Crippen LogP contribution in [0.5, 0.6) is 5.75 Å². The van der Waals surface area contributed by atoms with Gasteiger partial charge in [-0.3, -0.25) is 9.59 Å². The van der Waals surface area contributed by atoms with Crippen LogP contribution in [-0.2, 0) is 4.79 Å². The number of benzene rings is 2. The molecule has 4 heterocycles. The molecule has 1 saturated heterocycles. The molecule has 6 rings (SSSR count). The molecule has 3 aromatic rings. The lowest BCUT2D eigenvalue weighted by atomic mass is 9.97. The maximum Gasteiger partial charge on any atom is 0.387 e. The summed E-state index contributed by atoms with van der Waals surface area (Å²) in [5.74, 6) is 5.30. The molecule has 3 atom stereocenters. The third kappa shape index (κ3) is 4.21.